The van der Waals surface area contributed by atoms with Gasteiger partial charge in [0.1, 0.15) is 5.75 Å². The van der Waals surface area contributed by atoms with Gasteiger partial charge in [-0.15, -0.1) is 0 Å². The lowest BCUT2D eigenvalue weighted by Crippen LogP contribution is -1.56. The Morgan fingerprint density at radius 1 is 0.647 bits per heavy atom. The minimum Gasteiger partial charge on any atom is -0.508 e. The lowest BCUT2D eigenvalue weighted by molar-refractivity contribution is 0.475. The summed E-state index contributed by atoms with van der Waals surface area (Å²) in [6.45, 7) is 0. The lowest BCUT2D eigenvalue weighted by atomic mass is 10.3. The van der Waals surface area contributed by atoms with Crippen LogP contribution in [0.5, 0.6) is 5.75 Å². The van der Waals surface area contributed by atoms with Crippen LogP contribution in [0.3, 0.4) is 0 Å². The molecule has 0 radical (unpaired) electrons. The second-order valence-corrected chi connectivity index (χ2v) is 3.52. The molecule has 1 nitrogen and oxygen atoms in total. The quantitative estimate of drug-likeness (QED) is 0.695. The fourth-order valence-electron chi connectivity index (χ4n) is 1.21. The first-order chi connectivity index (χ1) is 8.39. The van der Waals surface area contributed by atoms with Crippen molar-refractivity contribution in [3.8, 4) is 5.75 Å². The van der Waals surface area contributed by atoms with Crippen molar-refractivity contribution < 1.29 is 5.11 Å². The first kappa shape index (κ1) is 13.0. The van der Waals surface area contributed by atoms with Crippen molar-refractivity contribution in [3.05, 3.63) is 78.9 Å². The van der Waals surface area contributed by atoms with E-state index in [0.717, 1.165) is 12.8 Å². The van der Waals surface area contributed by atoms with Crippen LogP contribution in [0, 0.1) is 0 Å². The van der Waals surface area contributed by atoms with Crippen molar-refractivity contribution in [1.29, 1.82) is 0 Å². The summed E-state index contributed by atoms with van der Waals surface area (Å²) in [5.74, 6) is 0.322. The van der Waals surface area contributed by atoms with Gasteiger partial charge in [-0.05, 0) is 25.0 Å². The molecule has 1 aromatic carbocycles. The lowest BCUT2D eigenvalue weighted by Gasteiger charge is -1.82. The molecule has 88 valence electrons. The van der Waals surface area contributed by atoms with Crippen molar-refractivity contribution in [2.45, 2.75) is 12.8 Å². The predicted octanol–water partition coefficient (Wildman–Crippen LogP) is 4.40. The van der Waals surface area contributed by atoms with Crippen LogP contribution in [0.2, 0.25) is 0 Å². The molecule has 0 fully saturated rings. The molecule has 0 unspecified atom stereocenters. The Morgan fingerprint density at radius 3 is 1.24 bits per heavy atom. The molecular weight excluding hydrogens is 208 g/mol. The highest BCUT2D eigenvalue weighted by Crippen LogP contribution is 2.02. The molecule has 0 aromatic heterocycles. The van der Waals surface area contributed by atoms with E-state index in [2.05, 4.69) is 48.6 Å². The number of benzene rings is 1. The zero-order valence-electron chi connectivity index (χ0n) is 9.87. The molecule has 0 aliphatic heterocycles. The van der Waals surface area contributed by atoms with Crippen molar-refractivity contribution in [3.63, 3.8) is 0 Å². The normalized spacial score (nSPS) is 13.9. The Bertz CT molecular complexity index is 355. The first-order valence-electron chi connectivity index (χ1n) is 5.77. The number of hydrogen-bond acceptors (Lipinski definition) is 1. The third-order valence-electron chi connectivity index (χ3n) is 2.07. The maximum atomic E-state index is 8.63. The van der Waals surface area contributed by atoms with Crippen LogP contribution >= 0.6 is 0 Å². The molecule has 0 heterocycles. The maximum Gasteiger partial charge on any atom is 0.115 e. The molecule has 0 spiro atoms. The Kier molecular flexibility index (Phi) is 7.08. The van der Waals surface area contributed by atoms with Gasteiger partial charge < -0.3 is 5.11 Å². The second kappa shape index (κ2) is 9.22. The highest BCUT2D eigenvalue weighted by Gasteiger charge is 1.75. The van der Waals surface area contributed by atoms with Crippen molar-refractivity contribution in [2.24, 2.45) is 0 Å². The number of phenolic OH excluding ortho intramolecular Hbond substituents is 1. The van der Waals surface area contributed by atoms with E-state index >= 15 is 0 Å². The predicted molar refractivity (Wildman–Crippen MR) is 73.9 cm³/mol. The molecule has 3 rings (SSSR count). The second-order valence-electron chi connectivity index (χ2n) is 3.52. The third-order valence-corrected chi connectivity index (χ3v) is 2.07. The summed E-state index contributed by atoms with van der Waals surface area (Å²) < 4.78 is 0. The Balaban J connectivity index is 0.000000130. The molecular formula is C16H18O. The van der Waals surface area contributed by atoms with E-state index in [1.54, 1.807) is 24.3 Å². The van der Waals surface area contributed by atoms with Gasteiger partial charge in [0.05, 0.1) is 0 Å². The molecule has 0 amide bonds. The highest BCUT2D eigenvalue weighted by atomic mass is 16.3. The van der Waals surface area contributed by atoms with Gasteiger partial charge in [0.15, 0.2) is 0 Å². The molecule has 0 atom stereocenters. The van der Waals surface area contributed by atoms with Gasteiger partial charge in [0, 0.05) is 0 Å². The van der Waals surface area contributed by atoms with Crippen LogP contribution in [-0.2, 0) is 0 Å². The molecule has 0 bridgehead atoms. The minimum absolute atomic E-state index is 0.322. The van der Waals surface area contributed by atoms with Crippen molar-refractivity contribution in [1.82, 2.24) is 0 Å². The van der Waals surface area contributed by atoms with E-state index in [0.29, 0.717) is 5.75 Å². The molecule has 2 aliphatic carbocycles. The van der Waals surface area contributed by atoms with Crippen LogP contribution in [0.15, 0.2) is 78.9 Å². The fourth-order valence-corrected chi connectivity index (χ4v) is 1.21. The van der Waals surface area contributed by atoms with Gasteiger partial charge in [0.25, 0.3) is 0 Å². The van der Waals surface area contributed by atoms with Gasteiger partial charge in [0.2, 0.25) is 0 Å². The average molecular weight is 226 g/mol. The van der Waals surface area contributed by atoms with Crippen molar-refractivity contribution >= 4 is 0 Å². The summed E-state index contributed by atoms with van der Waals surface area (Å²) >= 11 is 0. The summed E-state index contributed by atoms with van der Waals surface area (Å²) in [6, 6.07) is 8.71. The van der Waals surface area contributed by atoms with E-state index in [1.165, 1.54) is 0 Å². The average Bonchev–Trinajstić information content (AvgIpc) is 3.09. The zero-order valence-corrected chi connectivity index (χ0v) is 9.87. The Labute approximate surface area is 103 Å². The van der Waals surface area contributed by atoms with Crippen LogP contribution in [0.4, 0.5) is 0 Å². The molecule has 1 N–H and O–H groups in total. The summed E-state index contributed by atoms with van der Waals surface area (Å²) in [4.78, 5) is 0. The number of allylic oxidation sites excluding steroid dienone is 8. The van der Waals surface area contributed by atoms with Gasteiger partial charge in [-0.1, -0.05) is 66.8 Å². The summed E-state index contributed by atoms with van der Waals surface area (Å²) in [7, 11) is 0. The Morgan fingerprint density at radius 2 is 1.06 bits per heavy atom. The minimum atomic E-state index is 0.322. The number of aromatic hydroxyl groups is 1. The van der Waals surface area contributed by atoms with E-state index in [1.807, 2.05) is 6.07 Å². The third kappa shape index (κ3) is 7.86. The molecule has 0 saturated heterocycles. The van der Waals surface area contributed by atoms with Gasteiger partial charge in [-0.3, -0.25) is 0 Å². The molecule has 2 aliphatic rings. The van der Waals surface area contributed by atoms with Crippen LogP contribution < -0.4 is 0 Å². The number of para-hydroxylation sites is 1. The fraction of sp³-hybridized carbons (Fsp3) is 0.125. The van der Waals surface area contributed by atoms with E-state index in [-0.39, 0.29) is 0 Å². The SMILES string of the molecule is C1=CCC=C1.C1=CCC=C1.Oc1ccccc1. The topological polar surface area (TPSA) is 20.2 Å². The van der Waals surface area contributed by atoms with Crippen LogP contribution in [0.1, 0.15) is 12.8 Å². The van der Waals surface area contributed by atoms with E-state index in [4.69, 9.17) is 5.11 Å². The number of rotatable bonds is 0. The van der Waals surface area contributed by atoms with E-state index < -0.39 is 0 Å². The first-order valence-corrected chi connectivity index (χ1v) is 5.77. The molecule has 1 heteroatoms. The zero-order chi connectivity index (χ0) is 12.2. The number of hydrogen-bond donors (Lipinski definition) is 1. The van der Waals surface area contributed by atoms with Gasteiger partial charge in [-0.25, -0.2) is 0 Å². The Hall–Kier alpha value is -2.02. The van der Waals surface area contributed by atoms with Crippen molar-refractivity contribution in [2.75, 3.05) is 0 Å². The molecule has 17 heavy (non-hydrogen) atoms. The summed E-state index contributed by atoms with van der Waals surface area (Å²) in [5.41, 5.74) is 0. The standard InChI is InChI=1S/C6H6O.2C5H6/c7-6-4-2-1-3-5-6;2*1-2-4-5-3-1/h1-5,7H;2*1-4H,5H2. The molecule has 1 aromatic rings. The maximum absolute atomic E-state index is 8.63. The summed E-state index contributed by atoms with van der Waals surface area (Å²) in [5, 5.41) is 8.63. The van der Waals surface area contributed by atoms with Gasteiger partial charge >= 0.3 is 0 Å². The van der Waals surface area contributed by atoms with Crippen LogP contribution in [-0.4, -0.2) is 5.11 Å². The van der Waals surface area contributed by atoms with E-state index in [9.17, 15) is 0 Å². The van der Waals surface area contributed by atoms with Crippen LogP contribution in [0.25, 0.3) is 0 Å². The number of phenols is 1. The molecule has 0 saturated carbocycles. The monoisotopic (exact) mass is 226 g/mol. The smallest absolute Gasteiger partial charge is 0.115 e. The van der Waals surface area contributed by atoms with Gasteiger partial charge in [-0.2, -0.15) is 0 Å². The summed E-state index contributed by atoms with van der Waals surface area (Å²) in [6.07, 6.45) is 19.0. The highest BCUT2D eigenvalue weighted by molar-refractivity contribution is 5.18. The largest absolute Gasteiger partial charge is 0.508 e.